The zero-order valence-corrected chi connectivity index (χ0v) is 44.4. The van der Waals surface area contributed by atoms with Crippen molar-refractivity contribution in [2.45, 2.75) is 239 Å². The third-order valence-electron chi connectivity index (χ3n) is 15.9. The van der Waals surface area contributed by atoms with Gasteiger partial charge >= 0.3 is 35.8 Å². The molecule has 70 heavy (non-hydrogen) atoms. The van der Waals surface area contributed by atoms with Crippen LogP contribution < -0.4 is 17.2 Å². The molecule has 4 rings (SSSR count). The highest BCUT2D eigenvalue weighted by Gasteiger charge is 2.59. The molecule has 4 aliphatic rings. The van der Waals surface area contributed by atoms with E-state index in [4.69, 9.17) is 46.7 Å². The van der Waals surface area contributed by atoms with Crippen molar-refractivity contribution in [3.63, 3.8) is 0 Å². The van der Waals surface area contributed by atoms with Gasteiger partial charge in [0.2, 0.25) is 0 Å². The Hall–Kier alpha value is -3.30. The SMILES string of the molecule is CCCCCCCCCC(=O)OCC(COC(=O)CCC[C@H]1CCC2C3CCC4CCCCC4(C)C3CCC21C)OC(=O)CCCCCCCCC.NCCC(=O)O.NCCC(=O)O.NCCC(=O)O. The number of hydrogen-bond acceptors (Lipinski definition) is 12. The first-order chi connectivity index (χ1) is 33.5. The molecular formula is C55H101N3O12. The number of hydrogen-bond donors (Lipinski definition) is 6. The molecular weight excluding hydrogens is 895 g/mol. The van der Waals surface area contributed by atoms with Gasteiger partial charge in [0, 0.05) is 38.9 Å². The number of esters is 3. The summed E-state index contributed by atoms with van der Waals surface area (Å²) < 4.78 is 16.9. The topological polar surface area (TPSA) is 269 Å². The van der Waals surface area contributed by atoms with Crippen molar-refractivity contribution in [1.29, 1.82) is 0 Å². The van der Waals surface area contributed by atoms with Gasteiger partial charge in [-0.2, -0.15) is 0 Å². The van der Waals surface area contributed by atoms with Crippen molar-refractivity contribution in [2.24, 2.45) is 57.6 Å². The predicted molar refractivity (Wildman–Crippen MR) is 275 cm³/mol. The van der Waals surface area contributed by atoms with Crippen LogP contribution in [-0.4, -0.2) is 90.1 Å². The smallest absolute Gasteiger partial charge is 0.306 e. The maximum atomic E-state index is 13.0. The summed E-state index contributed by atoms with van der Waals surface area (Å²) >= 11 is 0. The van der Waals surface area contributed by atoms with Gasteiger partial charge < -0.3 is 46.7 Å². The van der Waals surface area contributed by atoms with Gasteiger partial charge in [-0.15, -0.1) is 0 Å². The van der Waals surface area contributed by atoms with E-state index in [1.165, 1.54) is 116 Å². The summed E-state index contributed by atoms with van der Waals surface area (Å²) in [4.78, 5) is 66.8. The number of rotatable bonds is 31. The average molecular weight is 996 g/mol. The highest BCUT2D eigenvalue weighted by Crippen LogP contribution is 2.68. The van der Waals surface area contributed by atoms with Crippen molar-refractivity contribution in [3.05, 3.63) is 0 Å². The summed E-state index contributed by atoms with van der Waals surface area (Å²) in [7, 11) is 0. The molecule has 15 heteroatoms. The molecule has 408 valence electrons. The van der Waals surface area contributed by atoms with Crippen LogP contribution in [0.15, 0.2) is 0 Å². The number of carbonyl (C=O) groups is 6. The van der Waals surface area contributed by atoms with Gasteiger partial charge in [-0.1, -0.05) is 118 Å². The third-order valence-corrected chi connectivity index (χ3v) is 15.9. The molecule has 15 nitrogen and oxygen atoms in total. The van der Waals surface area contributed by atoms with E-state index in [9.17, 15) is 28.8 Å². The van der Waals surface area contributed by atoms with Crippen LogP contribution in [0.25, 0.3) is 0 Å². The van der Waals surface area contributed by atoms with Gasteiger partial charge in [0.15, 0.2) is 6.10 Å². The Balaban J connectivity index is 0.00000115. The third kappa shape index (κ3) is 26.4. The highest BCUT2D eigenvalue weighted by atomic mass is 16.6. The minimum atomic E-state index is -0.836. The van der Waals surface area contributed by atoms with E-state index in [-0.39, 0.29) is 70.0 Å². The normalized spacial score (nSPS) is 24.5. The van der Waals surface area contributed by atoms with Crippen LogP contribution in [0.4, 0.5) is 0 Å². The molecule has 0 radical (unpaired) electrons. The fourth-order valence-corrected chi connectivity index (χ4v) is 12.1. The van der Waals surface area contributed by atoms with Crippen molar-refractivity contribution >= 4 is 35.8 Å². The van der Waals surface area contributed by atoms with Gasteiger partial charge in [-0.3, -0.25) is 28.8 Å². The zero-order chi connectivity index (χ0) is 52.2. The van der Waals surface area contributed by atoms with Crippen molar-refractivity contribution < 1.29 is 58.3 Å². The molecule has 9 N–H and O–H groups in total. The molecule has 0 heterocycles. The monoisotopic (exact) mass is 996 g/mol. The largest absolute Gasteiger partial charge is 0.481 e. The van der Waals surface area contributed by atoms with Gasteiger partial charge in [0.25, 0.3) is 0 Å². The first-order valence-corrected chi connectivity index (χ1v) is 27.8. The van der Waals surface area contributed by atoms with Gasteiger partial charge in [0.1, 0.15) is 13.2 Å². The van der Waals surface area contributed by atoms with Crippen LogP contribution in [0.5, 0.6) is 0 Å². The lowest BCUT2D eigenvalue weighted by molar-refractivity contribution is -0.167. The number of ether oxygens (including phenoxy) is 3. The standard InChI is InChI=1S/C46H80O6.3C3H7NO2/c1-5-7-9-11-13-15-17-24-42(47)50-34-38(52-44(49)25-18-16-14-12-10-8-6-2)35-51-43(48)26-21-23-37-28-30-40-39-29-27-36-22-19-20-32-45(36,3)41(39)31-33-46(37,40)4;3*4-2-1-3(5)6/h36-41H,5-35H2,1-4H3;3*1-2,4H2,(H,5,6)/t36?,37-,38?,39?,40?,41?,45?,46?;;;/m0.../s1. The highest BCUT2D eigenvalue weighted by molar-refractivity contribution is 5.71. The maximum Gasteiger partial charge on any atom is 0.306 e. The first kappa shape index (κ1) is 64.7. The quantitative estimate of drug-likeness (QED) is 0.0214. The number of aliphatic carboxylic acids is 3. The number of carboxylic acids is 3. The Kier molecular flexibility index (Phi) is 35.4. The molecule has 4 fully saturated rings. The van der Waals surface area contributed by atoms with Gasteiger partial charge in [0.05, 0.1) is 19.3 Å². The molecule has 4 saturated carbocycles. The Morgan fingerprint density at radius 1 is 0.500 bits per heavy atom. The Morgan fingerprint density at radius 2 is 0.957 bits per heavy atom. The van der Waals surface area contributed by atoms with Crippen LogP contribution in [0.1, 0.15) is 233 Å². The molecule has 7 unspecified atom stereocenters. The second kappa shape index (κ2) is 38.3. The van der Waals surface area contributed by atoms with Crippen LogP contribution >= 0.6 is 0 Å². The van der Waals surface area contributed by atoms with Crippen LogP contribution in [0.3, 0.4) is 0 Å². The molecule has 0 bridgehead atoms. The maximum absolute atomic E-state index is 13.0. The fraction of sp³-hybridized carbons (Fsp3) is 0.891. The lowest BCUT2D eigenvalue weighted by atomic mass is 9.45. The van der Waals surface area contributed by atoms with Crippen molar-refractivity contribution in [3.8, 4) is 0 Å². The summed E-state index contributed by atoms with van der Waals surface area (Å²) in [6.07, 6.45) is 32.4. The van der Waals surface area contributed by atoms with E-state index in [1.807, 2.05) is 0 Å². The number of carboxylic acid groups (broad SMARTS) is 3. The number of unbranched alkanes of at least 4 members (excludes halogenated alkanes) is 12. The molecule has 0 spiro atoms. The molecule has 0 aliphatic heterocycles. The molecule has 0 amide bonds. The molecule has 0 aromatic rings. The van der Waals surface area contributed by atoms with Gasteiger partial charge in [-0.05, 0) is 117 Å². The second-order valence-corrected chi connectivity index (χ2v) is 21.1. The Bertz CT molecular complexity index is 1430. The second-order valence-electron chi connectivity index (χ2n) is 21.1. The molecule has 8 atom stereocenters. The van der Waals surface area contributed by atoms with Crippen LogP contribution in [-0.2, 0) is 43.0 Å². The molecule has 0 aromatic carbocycles. The summed E-state index contributed by atoms with van der Waals surface area (Å²) in [5.41, 5.74) is 15.5. The first-order valence-electron chi connectivity index (χ1n) is 27.8. The Labute approximate surface area is 422 Å². The van der Waals surface area contributed by atoms with E-state index >= 15 is 0 Å². The average Bonchev–Trinajstić information content (AvgIpc) is 3.65. The zero-order valence-electron chi connectivity index (χ0n) is 44.4. The minimum absolute atomic E-state index is 0.0572. The minimum Gasteiger partial charge on any atom is -0.481 e. The van der Waals surface area contributed by atoms with Crippen LogP contribution in [0, 0.1) is 40.4 Å². The molecule has 0 saturated heterocycles. The summed E-state index contributed by atoms with van der Waals surface area (Å²) in [6.45, 7) is 10.3. The van der Waals surface area contributed by atoms with Gasteiger partial charge in [-0.25, -0.2) is 0 Å². The summed E-state index contributed by atoms with van der Waals surface area (Å²) in [5.74, 6) is 1.02. The molecule has 4 aliphatic carbocycles. The predicted octanol–water partition coefficient (Wildman–Crippen LogP) is 10.7. The van der Waals surface area contributed by atoms with Crippen LogP contribution in [0.2, 0.25) is 0 Å². The lowest BCUT2D eigenvalue weighted by Gasteiger charge is -2.60. The van der Waals surface area contributed by atoms with E-state index in [0.29, 0.717) is 36.0 Å². The van der Waals surface area contributed by atoms with E-state index in [0.717, 1.165) is 75.0 Å². The number of nitrogens with two attached hydrogens (primary N) is 3. The van der Waals surface area contributed by atoms with E-state index in [2.05, 4.69) is 27.7 Å². The van der Waals surface area contributed by atoms with E-state index < -0.39 is 24.0 Å². The molecule has 0 aromatic heterocycles. The summed E-state index contributed by atoms with van der Waals surface area (Å²) in [6, 6.07) is 0. The summed E-state index contributed by atoms with van der Waals surface area (Å²) in [5, 5.41) is 23.5. The van der Waals surface area contributed by atoms with Crippen molar-refractivity contribution in [1.82, 2.24) is 0 Å². The lowest BCUT2D eigenvalue weighted by Crippen LogP contribution is -2.52. The van der Waals surface area contributed by atoms with E-state index in [1.54, 1.807) is 0 Å². The number of fused-ring (bicyclic) bond motifs is 5. The fourth-order valence-electron chi connectivity index (χ4n) is 12.1. The van der Waals surface area contributed by atoms with Crippen molar-refractivity contribution in [2.75, 3.05) is 32.8 Å². The Morgan fingerprint density at radius 3 is 1.43 bits per heavy atom. The number of carbonyl (C=O) groups excluding carboxylic acids is 3.